The molecule has 0 heterocycles. The Morgan fingerprint density at radius 2 is 2.00 bits per heavy atom. The van der Waals surface area contributed by atoms with Gasteiger partial charge < -0.3 is 10.6 Å². The van der Waals surface area contributed by atoms with Gasteiger partial charge in [0.2, 0.25) is 0 Å². The molecule has 0 spiro atoms. The number of rotatable bonds is 3. The average Bonchev–Trinajstić information content (AvgIpc) is 2.24. The van der Waals surface area contributed by atoms with E-state index in [2.05, 4.69) is 6.58 Å². The molecule has 0 fully saturated rings. The smallest absolute Gasteiger partial charge is 0.256 e. The number of benzene rings is 1. The lowest BCUT2D eigenvalue weighted by atomic mass is 10.0. The number of carbonyl (C=O) groups excluding carboxylic acids is 1. The zero-order chi connectivity index (χ0) is 13.1. The summed E-state index contributed by atoms with van der Waals surface area (Å²) >= 11 is 0. The van der Waals surface area contributed by atoms with E-state index in [1.165, 1.54) is 0 Å². The largest absolute Gasteiger partial charge is 0.398 e. The highest BCUT2D eigenvalue weighted by molar-refractivity contribution is 5.99. The minimum absolute atomic E-state index is 0.0597. The standard InChI is InChI=1S/C14H20N2O/c1-5-10-16(14(2,3)4)13(17)11-8-6-7-9-12(11)15/h5-9H,1,10,15H2,2-4H3. The molecule has 1 rings (SSSR count). The molecule has 0 unspecified atom stereocenters. The van der Waals surface area contributed by atoms with Gasteiger partial charge >= 0.3 is 0 Å². The summed E-state index contributed by atoms with van der Waals surface area (Å²) in [4.78, 5) is 14.2. The summed E-state index contributed by atoms with van der Waals surface area (Å²) in [5.41, 5.74) is 6.62. The van der Waals surface area contributed by atoms with Crippen LogP contribution in [-0.2, 0) is 0 Å². The topological polar surface area (TPSA) is 46.3 Å². The Balaban J connectivity index is 3.09. The number of nitrogen functional groups attached to an aromatic ring is 1. The summed E-state index contributed by atoms with van der Waals surface area (Å²) in [5, 5.41) is 0. The number of nitrogens with two attached hydrogens (primary N) is 1. The molecule has 3 heteroatoms. The van der Waals surface area contributed by atoms with E-state index in [1.807, 2.05) is 32.9 Å². The fourth-order valence-electron chi connectivity index (χ4n) is 1.63. The van der Waals surface area contributed by atoms with Gasteiger partial charge in [0, 0.05) is 17.8 Å². The molecule has 0 aliphatic carbocycles. The molecule has 0 atom stereocenters. The van der Waals surface area contributed by atoms with Crippen molar-refractivity contribution in [3.8, 4) is 0 Å². The van der Waals surface area contributed by atoms with Crippen LogP contribution in [0.25, 0.3) is 0 Å². The summed E-state index contributed by atoms with van der Waals surface area (Å²) in [6.45, 7) is 10.2. The van der Waals surface area contributed by atoms with Crippen LogP contribution in [0.4, 0.5) is 5.69 Å². The lowest BCUT2D eigenvalue weighted by molar-refractivity contribution is 0.0618. The van der Waals surface area contributed by atoms with Crippen molar-refractivity contribution in [1.82, 2.24) is 4.90 Å². The third kappa shape index (κ3) is 3.09. The van der Waals surface area contributed by atoms with Crippen LogP contribution in [-0.4, -0.2) is 22.9 Å². The fourth-order valence-corrected chi connectivity index (χ4v) is 1.63. The molecule has 92 valence electrons. The van der Waals surface area contributed by atoms with Crippen molar-refractivity contribution in [2.24, 2.45) is 0 Å². The molecule has 3 nitrogen and oxygen atoms in total. The number of amides is 1. The van der Waals surface area contributed by atoms with E-state index < -0.39 is 0 Å². The van der Waals surface area contributed by atoms with Gasteiger partial charge in [0.05, 0.1) is 5.56 Å². The van der Waals surface area contributed by atoms with Gasteiger partial charge in [0.25, 0.3) is 5.91 Å². The van der Waals surface area contributed by atoms with Crippen LogP contribution < -0.4 is 5.73 Å². The summed E-state index contributed by atoms with van der Waals surface area (Å²) < 4.78 is 0. The molecule has 0 saturated heterocycles. The first kappa shape index (κ1) is 13.3. The molecule has 0 aliphatic rings. The van der Waals surface area contributed by atoms with Gasteiger partial charge in [-0.3, -0.25) is 4.79 Å². The molecule has 0 bridgehead atoms. The van der Waals surface area contributed by atoms with E-state index in [0.717, 1.165) is 0 Å². The molecule has 0 saturated carbocycles. The first-order chi connectivity index (χ1) is 7.88. The van der Waals surface area contributed by atoms with Crippen LogP contribution in [0, 0.1) is 0 Å². The summed E-state index contributed by atoms with van der Waals surface area (Å²) in [6.07, 6.45) is 1.72. The van der Waals surface area contributed by atoms with Crippen LogP contribution in [0.5, 0.6) is 0 Å². The zero-order valence-electron chi connectivity index (χ0n) is 10.7. The van der Waals surface area contributed by atoms with Gasteiger partial charge in [-0.05, 0) is 32.9 Å². The minimum atomic E-state index is -0.256. The molecular formula is C14H20N2O. The molecule has 1 aromatic rings. The highest BCUT2D eigenvalue weighted by Gasteiger charge is 2.27. The molecule has 0 aliphatic heterocycles. The third-order valence-corrected chi connectivity index (χ3v) is 2.56. The second kappa shape index (κ2) is 5.04. The summed E-state index contributed by atoms with van der Waals surface area (Å²) in [7, 11) is 0. The highest BCUT2D eigenvalue weighted by Crippen LogP contribution is 2.20. The zero-order valence-corrected chi connectivity index (χ0v) is 10.7. The van der Waals surface area contributed by atoms with Gasteiger partial charge in [-0.25, -0.2) is 0 Å². The molecule has 17 heavy (non-hydrogen) atoms. The second-order valence-corrected chi connectivity index (χ2v) is 4.96. The van der Waals surface area contributed by atoms with Gasteiger partial charge in [0.15, 0.2) is 0 Å². The maximum absolute atomic E-state index is 12.4. The third-order valence-electron chi connectivity index (χ3n) is 2.56. The monoisotopic (exact) mass is 232 g/mol. The number of para-hydroxylation sites is 1. The lowest BCUT2D eigenvalue weighted by Gasteiger charge is -2.35. The predicted molar refractivity (Wildman–Crippen MR) is 71.8 cm³/mol. The second-order valence-electron chi connectivity index (χ2n) is 4.96. The quantitative estimate of drug-likeness (QED) is 0.643. The molecule has 0 aromatic heterocycles. The van der Waals surface area contributed by atoms with Crippen molar-refractivity contribution >= 4 is 11.6 Å². The van der Waals surface area contributed by atoms with Crippen LogP contribution in [0.1, 0.15) is 31.1 Å². The summed E-state index contributed by atoms with van der Waals surface area (Å²) in [5.74, 6) is -0.0597. The van der Waals surface area contributed by atoms with E-state index in [1.54, 1.807) is 23.1 Å². The first-order valence-corrected chi connectivity index (χ1v) is 5.65. The molecular weight excluding hydrogens is 212 g/mol. The van der Waals surface area contributed by atoms with Crippen molar-refractivity contribution in [2.75, 3.05) is 12.3 Å². The number of hydrogen-bond donors (Lipinski definition) is 1. The van der Waals surface area contributed by atoms with Gasteiger partial charge in [0.1, 0.15) is 0 Å². The number of nitrogens with zero attached hydrogens (tertiary/aromatic N) is 1. The predicted octanol–water partition coefficient (Wildman–Crippen LogP) is 2.70. The van der Waals surface area contributed by atoms with Gasteiger partial charge in [-0.15, -0.1) is 6.58 Å². The van der Waals surface area contributed by atoms with Crippen molar-refractivity contribution in [2.45, 2.75) is 26.3 Å². The van der Waals surface area contributed by atoms with E-state index in [0.29, 0.717) is 17.8 Å². The van der Waals surface area contributed by atoms with E-state index >= 15 is 0 Å². The van der Waals surface area contributed by atoms with Crippen LogP contribution in [0.2, 0.25) is 0 Å². The molecule has 0 radical (unpaired) electrons. The fraction of sp³-hybridized carbons (Fsp3) is 0.357. The Hall–Kier alpha value is -1.77. The minimum Gasteiger partial charge on any atom is -0.398 e. The Morgan fingerprint density at radius 1 is 1.41 bits per heavy atom. The first-order valence-electron chi connectivity index (χ1n) is 5.65. The van der Waals surface area contributed by atoms with Crippen molar-refractivity contribution < 1.29 is 4.79 Å². The van der Waals surface area contributed by atoms with Crippen LogP contribution in [0.15, 0.2) is 36.9 Å². The normalized spacial score (nSPS) is 11.0. The molecule has 2 N–H and O–H groups in total. The van der Waals surface area contributed by atoms with Gasteiger partial charge in [-0.1, -0.05) is 18.2 Å². The number of hydrogen-bond acceptors (Lipinski definition) is 2. The molecule has 1 aromatic carbocycles. The van der Waals surface area contributed by atoms with Crippen LogP contribution in [0.3, 0.4) is 0 Å². The average molecular weight is 232 g/mol. The molecule has 1 amide bonds. The Labute approximate surface area is 103 Å². The lowest BCUT2D eigenvalue weighted by Crippen LogP contribution is -2.45. The van der Waals surface area contributed by atoms with Crippen molar-refractivity contribution in [3.63, 3.8) is 0 Å². The van der Waals surface area contributed by atoms with Crippen molar-refractivity contribution in [3.05, 3.63) is 42.5 Å². The summed E-state index contributed by atoms with van der Waals surface area (Å²) in [6, 6.07) is 7.13. The highest BCUT2D eigenvalue weighted by atomic mass is 16.2. The van der Waals surface area contributed by atoms with Gasteiger partial charge in [-0.2, -0.15) is 0 Å². The maximum Gasteiger partial charge on any atom is 0.256 e. The van der Waals surface area contributed by atoms with Crippen LogP contribution >= 0.6 is 0 Å². The van der Waals surface area contributed by atoms with E-state index in [-0.39, 0.29) is 11.4 Å². The Morgan fingerprint density at radius 3 is 2.47 bits per heavy atom. The van der Waals surface area contributed by atoms with E-state index in [9.17, 15) is 4.79 Å². The Kier molecular flexibility index (Phi) is 3.94. The SMILES string of the molecule is C=CCN(C(=O)c1ccccc1N)C(C)(C)C. The van der Waals surface area contributed by atoms with Crippen molar-refractivity contribution in [1.29, 1.82) is 0 Å². The number of anilines is 1. The Bertz CT molecular complexity index is 418. The van der Waals surface area contributed by atoms with E-state index in [4.69, 9.17) is 5.73 Å². The maximum atomic E-state index is 12.4. The number of carbonyl (C=O) groups is 1.